The zero-order valence-corrected chi connectivity index (χ0v) is 6.45. The van der Waals surface area contributed by atoms with Crippen LogP contribution in [0.2, 0.25) is 0 Å². The van der Waals surface area contributed by atoms with Crippen LogP contribution in [0.25, 0.3) is 0 Å². The second-order valence-electron chi connectivity index (χ2n) is 2.35. The lowest BCUT2D eigenvalue weighted by Gasteiger charge is -2.18. The van der Waals surface area contributed by atoms with Crippen molar-refractivity contribution in [1.29, 1.82) is 5.26 Å². The van der Waals surface area contributed by atoms with Gasteiger partial charge in [0.2, 0.25) is 0 Å². The summed E-state index contributed by atoms with van der Waals surface area (Å²) < 4.78 is 48.0. The highest BCUT2D eigenvalue weighted by molar-refractivity contribution is 5.00. The van der Waals surface area contributed by atoms with Crippen LogP contribution in [0, 0.1) is 23.7 Å². The van der Waals surface area contributed by atoms with E-state index in [0.29, 0.717) is 0 Å². The molecular weight excluding hydrogens is 174 g/mol. The average molecular weight is 182 g/mol. The Balaban J connectivity index is 4.39. The van der Waals surface area contributed by atoms with Crippen molar-refractivity contribution in [2.24, 2.45) is 5.92 Å². The lowest BCUT2D eigenvalue weighted by molar-refractivity contribution is -0.0910. The zero-order chi connectivity index (χ0) is 9.78. The van der Waals surface area contributed by atoms with E-state index < -0.39 is 18.3 Å². The number of hydrogen-bond donors (Lipinski definition) is 0. The molecule has 0 saturated carbocycles. The van der Waals surface area contributed by atoms with E-state index in [9.17, 15) is 17.6 Å². The Morgan fingerprint density at radius 2 is 2.00 bits per heavy atom. The predicted molar refractivity (Wildman–Crippen MR) is 34.4 cm³/mol. The Morgan fingerprint density at radius 1 is 1.50 bits per heavy atom. The summed E-state index contributed by atoms with van der Waals surface area (Å²) in [5.74, 6) is -6.17. The van der Waals surface area contributed by atoms with Crippen LogP contribution in [0.4, 0.5) is 17.6 Å². The first-order valence-electron chi connectivity index (χ1n) is 3.42. The van der Waals surface area contributed by atoms with Gasteiger partial charge in [-0.15, -0.1) is 0 Å². The number of alkyl halides is 2. The Bertz CT molecular complexity index is 173. The van der Waals surface area contributed by atoms with E-state index in [1.165, 1.54) is 6.07 Å². The van der Waals surface area contributed by atoms with E-state index >= 15 is 0 Å². The molecule has 5 heteroatoms. The zero-order valence-electron chi connectivity index (χ0n) is 6.45. The summed E-state index contributed by atoms with van der Waals surface area (Å²) in [5.41, 5.74) is 0. The molecule has 0 aromatic heterocycles. The minimum absolute atomic E-state index is 0.221. The molecule has 1 radical (unpaired) electrons. The third-order valence-corrected chi connectivity index (χ3v) is 1.42. The van der Waals surface area contributed by atoms with Crippen LogP contribution in [0.3, 0.4) is 0 Å². The fraction of sp³-hybridized carbons (Fsp3) is 0.714. The molecular formula is C7H8F4N. The fourth-order valence-electron chi connectivity index (χ4n) is 0.747. The van der Waals surface area contributed by atoms with Gasteiger partial charge in [0.25, 0.3) is 0 Å². The molecule has 0 aliphatic rings. The maximum atomic E-state index is 12.4. The van der Waals surface area contributed by atoms with Gasteiger partial charge in [-0.2, -0.15) is 22.8 Å². The van der Waals surface area contributed by atoms with Crippen molar-refractivity contribution in [3.05, 3.63) is 6.43 Å². The molecule has 0 aliphatic carbocycles. The van der Waals surface area contributed by atoms with Crippen molar-refractivity contribution in [1.82, 2.24) is 0 Å². The number of halogens is 4. The van der Waals surface area contributed by atoms with E-state index in [1.54, 1.807) is 6.92 Å². The molecule has 0 amide bonds. The number of hydrogen-bond acceptors (Lipinski definition) is 1. The summed E-state index contributed by atoms with van der Waals surface area (Å²) in [7, 11) is 0. The minimum Gasteiger partial charge on any atom is -0.198 e. The highest BCUT2D eigenvalue weighted by Gasteiger charge is 2.50. The van der Waals surface area contributed by atoms with E-state index in [-0.39, 0.29) is 12.8 Å². The monoisotopic (exact) mass is 182 g/mol. The van der Waals surface area contributed by atoms with Crippen molar-refractivity contribution in [3.63, 3.8) is 0 Å². The van der Waals surface area contributed by atoms with E-state index in [4.69, 9.17) is 5.26 Å². The lowest BCUT2D eigenvalue weighted by atomic mass is 9.98. The van der Waals surface area contributed by atoms with E-state index in [0.717, 1.165) is 0 Å². The van der Waals surface area contributed by atoms with Gasteiger partial charge in [0.05, 0.1) is 6.07 Å². The number of rotatable bonds is 4. The van der Waals surface area contributed by atoms with Crippen molar-refractivity contribution < 1.29 is 17.6 Å². The molecule has 69 valence electrons. The summed E-state index contributed by atoms with van der Waals surface area (Å²) in [5, 5.41) is 8.16. The summed E-state index contributed by atoms with van der Waals surface area (Å²) in [6.45, 7) is 1.55. The van der Waals surface area contributed by atoms with Gasteiger partial charge in [0.15, 0.2) is 0 Å². The van der Waals surface area contributed by atoms with Crippen LogP contribution in [0.1, 0.15) is 19.8 Å². The number of nitriles is 1. The molecule has 0 spiro atoms. The van der Waals surface area contributed by atoms with Crippen LogP contribution in [0.5, 0.6) is 0 Å². The van der Waals surface area contributed by atoms with Gasteiger partial charge in [-0.3, -0.25) is 0 Å². The van der Waals surface area contributed by atoms with E-state index in [2.05, 4.69) is 0 Å². The molecule has 0 saturated heterocycles. The SMILES string of the molecule is CCCC(C#N)C(F)(F)[C](F)F. The average Bonchev–Trinajstić information content (AvgIpc) is 1.99. The first kappa shape index (κ1) is 11.2. The van der Waals surface area contributed by atoms with Crippen LogP contribution >= 0.6 is 0 Å². The lowest BCUT2D eigenvalue weighted by Crippen LogP contribution is -2.30. The second-order valence-corrected chi connectivity index (χ2v) is 2.35. The van der Waals surface area contributed by atoms with Gasteiger partial charge in [-0.05, 0) is 6.42 Å². The Kier molecular flexibility index (Phi) is 4.01. The molecule has 0 bridgehead atoms. The normalized spacial score (nSPS) is 14.4. The van der Waals surface area contributed by atoms with Gasteiger partial charge >= 0.3 is 12.3 Å². The van der Waals surface area contributed by atoms with Crippen LogP contribution in [0.15, 0.2) is 0 Å². The third kappa shape index (κ3) is 2.36. The highest BCUT2D eigenvalue weighted by Crippen LogP contribution is 2.38. The van der Waals surface area contributed by atoms with Gasteiger partial charge < -0.3 is 0 Å². The Hall–Kier alpha value is -0.790. The molecule has 12 heavy (non-hydrogen) atoms. The van der Waals surface area contributed by atoms with Crippen LogP contribution in [-0.2, 0) is 0 Å². The molecule has 0 N–H and O–H groups in total. The maximum Gasteiger partial charge on any atom is 0.379 e. The Labute approximate surface area is 68.0 Å². The van der Waals surface area contributed by atoms with Gasteiger partial charge in [-0.1, -0.05) is 13.3 Å². The molecule has 0 rings (SSSR count). The summed E-state index contributed by atoms with van der Waals surface area (Å²) in [4.78, 5) is 0. The largest absolute Gasteiger partial charge is 0.379 e. The standard InChI is InChI=1S/C7H8F4N/c1-2-3-5(4-12)7(10,11)6(8)9/h5H,2-3H2,1H3. The quantitative estimate of drug-likeness (QED) is 0.613. The summed E-state index contributed by atoms with van der Waals surface area (Å²) in [6.07, 6.45) is -2.93. The fourth-order valence-corrected chi connectivity index (χ4v) is 0.747. The Morgan fingerprint density at radius 3 is 2.25 bits per heavy atom. The molecule has 1 atom stereocenters. The van der Waals surface area contributed by atoms with Gasteiger partial charge in [0.1, 0.15) is 5.92 Å². The summed E-state index contributed by atoms with van der Waals surface area (Å²) >= 11 is 0. The minimum atomic E-state index is -4.26. The second kappa shape index (κ2) is 4.29. The van der Waals surface area contributed by atoms with Crippen molar-refractivity contribution >= 4 is 0 Å². The molecule has 1 unspecified atom stereocenters. The molecule has 0 fully saturated rings. The first-order valence-corrected chi connectivity index (χ1v) is 3.42. The van der Waals surface area contributed by atoms with Gasteiger partial charge in [0, 0.05) is 0 Å². The first-order chi connectivity index (χ1) is 5.46. The molecule has 0 aromatic rings. The van der Waals surface area contributed by atoms with Crippen LogP contribution in [-0.4, -0.2) is 5.92 Å². The van der Waals surface area contributed by atoms with Gasteiger partial charge in [-0.25, -0.2) is 0 Å². The topological polar surface area (TPSA) is 23.8 Å². The third-order valence-electron chi connectivity index (χ3n) is 1.42. The maximum absolute atomic E-state index is 12.4. The highest BCUT2D eigenvalue weighted by atomic mass is 19.3. The van der Waals surface area contributed by atoms with Crippen LogP contribution < -0.4 is 0 Å². The van der Waals surface area contributed by atoms with Crippen molar-refractivity contribution in [2.75, 3.05) is 0 Å². The molecule has 1 nitrogen and oxygen atoms in total. The summed E-state index contributed by atoms with van der Waals surface area (Å²) in [6, 6.07) is 1.17. The van der Waals surface area contributed by atoms with Crippen molar-refractivity contribution in [3.8, 4) is 6.07 Å². The molecule has 0 heterocycles. The van der Waals surface area contributed by atoms with Crippen molar-refractivity contribution in [2.45, 2.75) is 25.7 Å². The van der Waals surface area contributed by atoms with E-state index in [1.807, 2.05) is 0 Å². The molecule has 0 aromatic carbocycles. The number of nitrogens with zero attached hydrogens (tertiary/aromatic N) is 1. The molecule has 0 aliphatic heterocycles. The smallest absolute Gasteiger partial charge is 0.198 e. The predicted octanol–water partition coefficient (Wildman–Crippen LogP) is 2.99.